The number of thiophene rings is 1. The number of halogens is 1. The molecule has 3 heterocycles. The Kier molecular flexibility index (Phi) is 5.12. The van der Waals surface area contributed by atoms with Crippen molar-refractivity contribution in [3.05, 3.63) is 52.5 Å². The topological polar surface area (TPSA) is 60.9 Å². The van der Waals surface area contributed by atoms with E-state index < -0.39 is 5.54 Å². The van der Waals surface area contributed by atoms with E-state index in [2.05, 4.69) is 0 Å². The molecule has 1 atom stereocenters. The minimum Gasteiger partial charge on any atom is -0.340 e. The van der Waals surface area contributed by atoms with Crippen molar-refractivity contribution in [1.29, 1.82) is 0 Å². The highest BCUT2D eigenvalue weighted by Crippen LogP contribution is 2.35. The van der Waals surface area contributed by atoms with Crippen LogP contribution in [0, 0.1) is 5.82 Å². The zero-order valence-corrected chi connectivity index (χ0v) is 17.0. The van der Waals surface area contributed by atoms with Crippen LogP contribution in [0.4, 0.5) is 10.1 Å². The van der Waals surface area contributed by atoms with Gasteiger partial charge < -0.3 is 14.7 Å². The highest BCUT2D eigenvalue weighted by atomic mass is 32.1. The van der Waals surface area contributed by atoms with Crippen molar-refractivity contribution in [1.82, 2.24) is 9.80 Å². The van der Waals surface area contributed by atoms with Crippen LogP contribution < -0.4 is 4.90 Å². The van der Waals surface area contributed by atoms with Crippen molar-refractivity contribution in [2.45, 2.75) is 25.3 Å². The van der Waals surface area contributed by atoms with E-state index in [0.717, 1.165) is 5.69 Å². The summed E-state index contributed by atoms with van der Waals surface area (Å²) < 4.78 is 13.4. The van der Waals surface area contributed by atoms with E-state index in [4.69, 9.17) is 0 Å². The lowest BCUT2D eigenvalue weighted by Gasteiger charge is -2.47. The highest BCUT2D eigenvalue weighted by molar-refractivity contribution is 7.08. The van der Waals surface area contributed by atoms with Gasteiger partial charge in [-0.25, -0.2) is 4.39 Å². The predicted octanol–water partition coefficient (Wildman–Crippen LogP) is 2.30. The number of nitrogens with zero attached hydrogens (tertiary/aromatic N) is 3. The van der Waals surface area contributed by atoms with Crippen molar-refractivity contribution in [3.8, 4) is 0 Å². The van der Waals surface area contributed by atoms with E-state index in [9.17, 15) is 18.8 Å². The van der Waals surface area contributed by atoms with E-state index in [1.807, 2.05) is 16.8 Å². The summed E-state index contributed by atoms with van der Waals surface area (Å²) in [6, 6.07) is 7.92. The second-order valence-corrected chi connectivity index (χ2v) is 8.44. The number of amides is 3. The Morgan fingerprint density at radius 1 is 1.24 bits per heavy atom. The number of likely N-dealkylation sites (tertiary alicyclic amines) is 1. The van der Waals surface area contributed by atoms with Crippen LogP contribution in [0.15, 0.2) is 41.1 Å². The second kappa shape index (κ2) is 7.59. The molecule has 2 saturated heterocycles. The van der Waals surface area contributed by atoms with Crippen LogP contribution in [0.1, 0.15) is 18.9 Å². The molecule has 2 aliphatic rings. The summed E-state index contributed by atoms with van der Waals surface area (Å²) in [5, 5.41) is 3.83. The van der Waals surface area contributed by atoms with Crippen molar-refractivity contribution in [3.63, 3.8) is 0 Å². The van der Waals surface area contributed by atoms with Gasteiger partial charge in [-0.2, -0.15) is 11.3 Å². The van der Waals surface area contributed by atoms with Gasteiger partial charge in [-0.15, -0.1) is 0 Å². The Morgan fingerprint density at radius 2 is 2.07 bits per heavy atom. The lowest BCUT2D eigenvalue weighted by atomic mass is 9.92. The molecule has 1 aromatic heterocycles. The van der Waals surface area contributed by atoms with Crippen LogP contribution in [0.25, 0.3) is 0 Å². The Morgan fingerprint density at radius 3 is 2.76 bits per heavy atom. The molecule has 0 saturated carbocycles. The lowest BCUT2D eigenvalue weighted by Crippen LogP contribution is -2.67. The summed E-state index contributed by atoms with van der Waals surface area (Å²) in [6.45, 7) is 2.72. The fraction of sp³-hybridized carbons (Fsp3) is 0.381. The molecule has 0 bridgehead atoms. The smallest absolute Gasteiger partial charge is 0.246 e. The van der Waals surface area contributed by atoms with Crippen molar-refractivity contribution in [2.75, 3.05) is 31.1 Å². The van der Waals surface area contributed by atoms with Gasteiger partial charge in [0.1, 0.15) is 12.4 Å². The zero-order chi connectivity index (χ0) is 20.6. The first-order valence-electron chi connectivity index (χ1n) is 9.51. The zero-order valence-electron chi connectivity index (χ0n) is 16.1. The largest absolute Gasteiger partial charge is 0.340 e. The normalized spacial score (nSPS) is 21.9. The molecule has 0 radical (unpaired) electrons. The maximum absolute atomic E-state index is 13.4. The number of rotatable bonds is 3. The molecule has 152 valence electrons. The van der Waals surface area contributed by atoms with E-state index >= 15 is 0 Å². The van der Waals surface area contributed by atoms with Crippen LogP contribution in [-0.4, -0.2) is 59.2 Å². The SMILES string of the molecule is CC(=O)N1CC(=O)N(c2ccsc2)CC12CCN(C(=O)Cc1cccc(F)c1)C2. The van der Waals surface area contributed by atoms with Crippen molar-refractivity contribution in [2.24, 2.45) is 0 Å². The molecule has 1 spiro atoms. The minimum absolute atomic E-state index is 0.0110. The maximum atomic E-state index is 13.4. The maximum Gasteiger partial charge on any atom is 0.246 e. The molecule has 2 aromatic rings. The summed E-state index contributed by atoms with van der Waals surface area (Å²) in [5.74, 6) is -0.750. The Balaban J connectivity index is 1.54. The summed E-state index contributed by atoms with van der Waals surface area (Å²) >= 11 is 1.51. The van der Waals surface area contributed by atoms with Gasteiger partial charge in [0.15, 0.2) is 0 Å². The van der Waals surface area contributed by atoms with Gasteiger partial charge in [0, 0.05) is 25.4 Å². The molecule has 4 rings (SSSR count). The molecule has 8 heteroatoms. The fourth-order valence-corrected chi connectivity index (χ4v) is 4.94. The highest BCUT2D eigenvalue weighted by Gasteiger charge is 2.51. The first-order valence-corrected chi connectivity index (χ1v) is 10.5. The molecule has 1 unspecified atom stereocenters. The van der Waals surface area contributed by atoms with Gasteiger partial charge in [-0.1, -0.05) is 12.1 Å². The number of carbonyl (C=O) groups is 3. The van der Waals surface area contributed by atoms with E-state index in [0.29, 0.717) is 31.6 Å². The lowest BCUT2D eigenvalue weighted by molar-refractivity contribution is -0.143. The average Bonchev–Trinajstić information content (AvgIpc) is 3.34. The number of hydrogen-bond acceptors (Lipinski definition) is 4. The van der Waals surface area contributed by atoms with Gasteiger partial charge in [0.25, 0.3) is 0 Å². The van der Waals surface area contributed by atoms with Crippen LogP contribution in [0.2, 0.25) is 0 Å². The van der Waals surface area contributed by atoms with E-state index in [-0.39, 0.29) is 36.5 Å². The van der Waals surface area contributed by atoms with Crippen molar-refractivity contribution >= 4 is 34.7 Å². The second-order valence-electron chi connectivity index (χ2n) is 7.66. The summed E-state index contributed by atoms with van der Waals surface area (Å²) in [6.07, 6.45) is 0.719. The first-order chi connectivity index (χ1) is 13.9. The van der Waals surface area contributed by atoms with Gasteiger partial charge in [-0.3, -0.25) is 14.4 Å². The number of carbonyl (C=O) groups excluding carboxylic acids is 3. The number of piperazine rings is 1. The fourth-order valence-electron chi connectivity index (χ4n) is 4.30. The molecule has 1 aromatic carbocycles. The number of benzene rings is 1. The third kappa shape index (κ3) is 3.76. The average molecular weight is 415 g/mol. The van der Waals surface area contributed by atoms with Crippen LogP contribution >= 0.6 is 11.3 Å². The third-order valence-corrected chi connectivity index (χ3v) is 6.42. The van der Waals surface area contributed by atoms with E-state index in [1.54, 1.807) is 26.8 Å². The Hall–Kier alpha value is -2.74. The molecule has 29 heavy (non-hydrogen) atoms. The quantitative estimate of drug-likeness (QED) is 0.773. The summed E-state index contributed by atoms with van der Waals surface area (Å²) in [4.78, 5) is 42.9. The molecule has 2 fully saturated rings. The Labute approximate surface area is 172 Å². The molecule has 0 N–H and O–H groups in total. The Bertz CT molecular complexity index is 948. The summed E-state index contributed by atoms with van der Waals surface area (Å²) in [7, 11) is 0. The molecule has 2 aliphatic heterocycles. The van der Waals surface area contributed by atoms with Crippen LogP contribution in [0.5, 0.6) is 0 Å². The number of hydrogen-bond donors (Lipinski definition) is 0. The minimum atomic E-state index is -0.598. The predicted molar refractivity (Wildman–Crippen MR) is 108 cm³/mol. The number of anilines is 1. The van der Waals surface area contributed by atoms with Crippen LogP contribution in [-0.2, 0) is 20.8 Å². The molecule has 3 amide bonds. The summed E-state index contributed by atoms with van der Waals surface area (Å²) in [5.41, 5.74) is 0.851. The monoisotopic (exact) mass is 415 g/mol. The van der Waals surface area contributed by atoms with Gasteiger partial charge >= 0.3 is 0 Å². The molecule has 0 aliphatic carbocycles. The van der Waals surface area contributed by atoms with Crippen molar-refractivity contribution < 1.29 is 18.8 Å². The molecular weight excluding hydrogens is 393 g/mol. The van der Waals surface area contributed by atoms with E-state index in [1.165, 1.54) is 30.4 Å². The third-order valence-electron chi connectivity index (χ3n) is 5.75. The molecule has 6 nitrogen and oxygen atoms in total. The standard InChI is InChI=1S/C21H22FN3O3S/c1-15(26)25-11-20(28)24(18-5-8-29-12-18)14-21(25)6-7-23(13-21)19(27)10-16-3-2-4-17(22)9-16/h2-5,8-9,12H,6-7,10-11,13-14H2,1H3. The van der Waals surface area contributed by atoms with Crippen LogP contribution in [0.3, 0.4) is 0 Å². The van der Waals surface area contributed by atoms with Gasteiger partial charge in [0.2, 0.25) is 17.7 Å². The first kappa shape index (κ1) is 19.6. The molecular formula is C21H22FN3O3S. The van der Waals surface area contributed by atoms with Gasteiger partial charge in [0.05, 0.1) is 24.2 Å². The van der Waals surface area contributed by atoms with Gasteiger partial charge in [-0.05, 0) is 35.6 Å².